The highest BCUT2D eigenvalue weighted by Gasteiger charge is 2.23. The average molecular weight is 543 g/mol. The summed E-state index contributed by atoms with van der Waals surface area (Å²) in [6, 6.07) is 17.7. The number of ether oxygens (including phenoxy) is 1. The average Bonchev–Trinajstić information content (AvgIpc) is 2.96. The van der Waals surface area contributed by atoms with E-state index in [0.29, 0.717) is 30.4 Å². The molecule has 5 rings (SSSR count). The zero-order valence-corrected chi connectivity index (χ0v) is 23.4. The fraction of sp³-hybridized carbons (Fsp3) is 0.419. The van der Waals surface area contributed by atoms with Crippen molar-refractivity contribution in [2.75, 3.05) is 38.0 Å². The van der Waals surface area contributed by atoms with E-state index in [9.17, 15) is 9.59 Å². The van der Waals surface area contributed by atoms with E-state index in [-0.39, 0.29) is 11.8 Å². The number of aromatic nitrogens is 2. The summed E-state index contributed by atoms with van der Waals surface area (Å²) in [4.78, 5) is 40.7. The van der Waals surface area contributed by atoms with Crippen LogP contribution in [0.1, 0.15) is 53.5 Å². The van der Waals surface area contributed by atoms with Crippen LogP contribution in [0.25, 0.3) is 0 Å². The van der Waals surface area contributed by atoms with Gasteiger partial charge in [0.25, 0.3) is 5.91 Å². The molecule has 1 N–H and O–H groups in total. The number of benzene rings is 1. The summed E-state index contributed by atoms with van der Waals surface area (Å²) in [7, 11) is 0. The molecule has 9 heteroatoms. The van der Waals surface area contributed by atoms with Crippen LogP contribution in [0.4, 0.5) is 10.5 Å². The molecule has 0 aliphatic carbocycles. The van der Waals surface area contributed by atoms with Gasteiger partial charge in [0.2, 0.25) is 5.88 Å². The third kappa shape index (κ3) is 7.43. The Labute approximate surface area is 236 Å². The third-order valence-electron chi connectivity index (χ3n) is 7.69. The third-order valence-corrected chi connectivity index (χ3v) is 7.69. The van der Waals surface area contributed by atoms with Crippen molar-refractivity contribution in [3.8, 4) is 5.88 Å². The standard InChI is InChI=1S/C31H38N6O3/c1-23-6-5-8-28(33-23)22-35-16-18-36(19-17-35)31(39)40-29-14-13-27(20-32-29)34-30(38)26-11-9-25(10-12-26)21-37-15-4-3-7-24(37)2/h5-6,8-14,20,24H,3-4,7,15-19,21-22H2,1-2H3,(H,34,38). The molecule has 1 aromatic carbocycles. The normalized spacial score (nSPS) is 18.4. The number of hydrogen-bond donors (Lipinski definition) is 1. The predicted octanol–water partition coefficient (Wildman–Crippen LogP) is 4.73. The largest absolute Gasteiger partial charge is 0.416 e. The van der Waals surface area contributed by atoms with E-state index < -0.39 is 6.09 Å². The molecular weight excluding hydrogens is 504 g/mol. The van der Waals surface area contributed by atoms with Crippen molar-refractivity contribution in [2.45, 2.75) is 52.2 Å². The summed E-state index contributed by atoms with van der Waals surface area (Å²) in [6.07, 6.45) is 4.88. The first kappa shape index (κ1) is 27.7. The number of hydrogen-bond acceptors (Lipinski definition) is 7. The highest BCUT2D eigenvalue weighted by Crippen LogP contribution is 2.20. The fourth-order valence-corrected chi connectivity index (χ4v) is 5.27. The maximum atomic E-state index is 12.7. The number of piperidine rings is 1. The van der Waals surface area contributed by atoms with Crippen LogP contribution in [0.2, 0.25) is 0 Å². The van der Waals surface area contributed by atoms with Crippen LogP contribution in [0.15, 0.2) is 60.8 Å². The summed E-state index contributed by atoms with van der Waals surface area (Å²) in [6.45, 7) is 9.74. The van der Waals surface area contributed by atoms with E-state index in [1.165, 1.54) is 31.0 Å². The highest BCUT2D eigenvalue weighted by atomic mass is 16.6. The van der Waals surface area contributed by atoms with Gasteiger partial charge in [-0.2, -0.15) is 0 Å². The van der Waals surface area contributed by atoms with Gasteiger partial charge in [-0.15, -0.1) is 0 Å². The van der Waals surface area contributed by atoms with Gasteiger partial charge in [-0.3, -0.25) is 19.6 Å². The summed E-state index contributed by atoms with van der Waals surface area (Å²) >= 11 is 0. The number of aryl methyl sites for hydroxylation is 1. The zero-order chi connectivity index (χ0) is 27.9. The molecule has 1 unspecified atom stereocenters. The van der Waals surface area contributed by atoms with E-state index in [1.54, 1.807) is 17.0 Å². The Morgan fingerprint density at radius 2 is 1.75 bits per heavy atom. The molecule has 0 radical (unpaired) electrons. The molecule has 210 valence electrons. The fourth-order valence-electron chi connectivity index (χ4n) is 5.27. The van der Waals surface area contributed by atoms with Crippen molar-refractivity contribution in [1.29, 1.82) is 0 Å². The zero-order valence-electron chi connectivity index (χ0n) is 23.4. The maximum Gasteiger partial charge on any atom is 0.416 e. The van der Waals surface area contributed by atoms with Crippen LogP contribution in [0, 0.1) is 6.92 Å². The topological polar surface area (TPSA) is 90.9 Å². The number of anilines is 1. The molecule has 0 bridgehead atoms. The Kier molecular flexibility index (Phi) is 9.03. The molecular formula is C31H38N6O3. The van der Waals surface area contributed by atoms with Crippen LogP contribution in [-0.4, -0.2) is 75.4 Å². The van der Waals surface area contributed by atoms with Gasteiger partial charge < -0.3 is 15.0 Å². The lowest BCUT2D eigenvalue weighted by atomic mass is 10.0. The van der Waals surface area contributed by atoms with Crippen molar-refractivity contribution in [2.24, 2.45) is 0 Å². The molecule has 2 aromatic heterocycles. The lowest BCUT2D eigenvalue weighted by Crippen LogP contribution is -2.49. The molecule has 2 amide bonds. The van der Waals surface area contributed by atoms with E-state index in [0.717, 1.165) is 44.1 Å². The van der Waals surface area contributed by atoms with Gasteiger partial charge in [-0.05, 0) is 69.1 Å². The minimum Gasteiger partial charge on any atom is -0.391 e. The molecule has 9 nitrogen and oxygen atoms in total. The van der Waals surface area contributed by atoms with Crippen LogP contribution in [0.5, 0.6) is 5.88 Å². The molecule has 40 heavy (non-hydrogen) atoms. The van der Waals surface area contributed by atoms with E-state index in [2.05, 4.69) is 32.0 Å². The number of nitrogens with one attached hydrogen (secondary N) is 1. The second-order valence-electron chi connectivity index (χ2n) is 10.8. The highest BCUT2D eigenvalue weighted by molar-refractivity contribution is 6.04. The van der Waals surface area contributed by atoms with Gasteiger partial charge in [0.1, 0.15) is 0 Å². The number of likely N-dealkylation sites (tertiary alicyclic amines) is 1. The van der Waals surface area contributed by atoms with Crippen molar-refractivity contribution in [1.82, 2.24) is 24.7 Å². The Morgan fingerprint density at radius 3 is 2.45 bits per heavy atom. The van der Waals surface area contributed by atoms with Gasteiger partial charge in [0.05, 0.1) is 17.6 Å². The maximum absolute atomic E-state index is 12.7. The Balaban J connectivity index is 1.07. The smallest absolute Gasteiger partial charge is 0.391 e. The quantitative estimate of drug-likeness (QED) is 0.462. The number of nitrogens with zero attached hydrogens (tertiary/aromatic N) is 5. The Bertz CT molecular complexity index is 1290. The van der Waals surface area contributed by atoms with Crippen molar-refractivity contribution in [3.05, 3.63) is 83.3 Å². The van der Waals surface area contributed by atoms with Crippen LogP contribution in [0.3, 0.4) is 0 Å². The first-order valence-electron chi connectivity index (χ1n) is 14.1. The molecule has 3 aromatic rings. The molecule has 2 saturated heterocycles. The Morgan fingerprint density at radius 1 is 0.950 bits per heavy atom. The summed E-state index contributed by atoms with van der Waals surface area (Å²) in [5, 5.41) is 2.86. The number of rotatable bonds is 7. The molecule has 2 fully saturated rings. The van der Waals surface area contributed by atoms with Gasteiger partial charge in [0.15, 0.2) is 0 Å². The second-order valence-corrected chi connectivity index (χ2v) is 10.8. The van der Waals surface area contributed by atoms with Crippen LogP contribution < -0.4 is 10.1 Å². The first-order valence-corrected chi connectivity index (χ1v) is 14.1. The van der Waals surface area contributed by atoms with Crippen LogP contribution >= 0.6 is 0 Å². The number of carbonyl (C=O) groups is 2. The minimum atomic E-state index is -0.420. The lowest BCUT2D eigenvalue weighted by molar-refractivity contribution is 0.102. The predicted molar refractivity (Wildman–Crippen MR) is 154 cm³/mol. The SMILES string of the molecule is Cc1cccc(CN2CCN(C(=O)Oc3ccc(NC(=O)c4ccc(CN5CCCCC5C)cc4)cn3)CC2)n1. The number of piperazine rings is 1. The first-order chi connectivity index (χ1) is 19.4. The second kappa shape index (κ2) is 13.0. The number of carbonyl (C=O) groups excluding carboxylic acids is 2. The van der Waals surface area contributed by atoms with E-state index in [1.807, 2.05) is 49.4 Å². The van der Waals surface area contributed by atoms with Crippen molar-refractivity contribution >= 4 is 17.7 Å². The van der Waals surface area contributed by atoms with Crippen molar-refractivity contribution in [3.63, 3.8) is 0 Å². The molecule has 2 aliphatic rings. The Hall–Kier alpha value is -3.82. The molecule has 2 aliphatic heterocycles. The summed E-state index contributed by atoms with van der Waals surface area (Å²) in [5.41, 5.74) is 4.37. The summed E-state index contributed by atoms with van der Waals surface area (Å²) < 4.78 is 5.48. The van der Waals surface area contributed by atoms with Crippen molar-refractivity contribution < 1.29 is 14.3 Å². The molecule has 1 atom stereocenters. The lowest BCUT2D eigenvalue weighted by Gasteiger charge is -2.33. The van der Waals surface area contributed by atoms with Gasteiger partial charge in [-0.1, -0.05) is 24.6 Å². The molecule has 0 spiro atoms. The molecule has 0 saturated carbocycles. The van der Waals surface area contributed by atoms with Crippen LogP contribution in [-0.2, 0) is 13.1 Å². The van der Waals surface area contributed by atoms with Gasteiger partial charge in [0, 0.05) is 62.6 Å². The number of amides is 2. The monoisotopic (exact) mass is 542 g/mol. The van der Waals surface area contributed by atoms with E-state index >= 15 is 0 Å². The molecule has 4 heterocycles. The van der Waals surface area contributed by atoms with E-state index in [4.69, 9.17) is 4.74 Å². The van der Waals surface area contributed by atoms with Gasteiger partial charge >= 0.3 is 6.09 Å². The minimum absolute atomic E-state index is 0.200. The number of pyridine rings is 2. The van der Waals surface area contributed by atoms with Gasteiger partial charge in [-0.25, -0.2) is 9.78 Å². The summed E-state index contributed by atoms with van der Waals surface area (Å²) in [5.74, 6) is -0.00569.